The number of hydrogen-bond donors (Lipinski definition) is 1. The molecule has 0 saturated carbocycles. The number of phenolic OH excluding ortho intramolecular Hbond substituents is 1. The zero-order valence-corrected chi connectivity index (χ0v) is 13.8. The van der Waals surface area contributed by atoms with Crippen LogP contribution in [0.1, 0.15) is 10.4 Å². The van der Waals surface area contributed by atoms with Gasteiger partial charge >= 0.3 is 5.97 Å². The van der Waals surface area contributed by atoms with Crippen molar-refractivity contribution in [2.75, 3.05) is 0 Å². The smallest absolute Gasteiger partial charge is 0.343 e. The van der Waals surface area contributed by atoms with Gasteiger partial charge in [0.2, 0.25) is 0 Å². The molecule has 0 amide bonds. The first-order chi connectivity index (χ1) is 12.1. The number of hydrogen-bond acceptors (Lipinski definition) is 3. The first kappa shape index (κ1) is 15.5. The lowest BCUT2D eigenvalue weighted by molar-refractivity contribution is 0.0737. The number of phenols is 1. The molecule has 4 aromatic carbocycles. The van der Waals surface area contributed by atoms with Crippen molar-refractivity contribution in [2.24, 2.45) is 0 Å². The fourth-order valence-corrected chi connectivity index (χ4v) is 3.05. The van der Waals surface area contributed by atoms with E-state index in [2.05, 4.69) is 0 Å². The Labute approximate surface area is 149 Å². The molecule has 0 aliphatic heterocycles. The van der Waals surface area contributed by atoms with Crippen LogP contribution in [0.4, 0.5) is 0 Å². The molecule has 4 aromatic rings. The second kappa shape index (κ2) is 6.11. The highest BCUT2D eigenvalue weighted by molar-refractivity contribution is 6.33. The standard InChI is InChI=1S/C21H13ClO3/c22-18-12-19(16-7-3-4-8-17(16)20(18)23)25-21(24)15-10-9-13-5-1-2-6-14(13)11-15/h1-12,23H. The van der Waals surface area contributed by atoms with Gasteiger partial charge in [0, 0.05) is 16.8 Å². The molecule has 4 heteroatoms. The number of benzene rings is 4. The van der Waals surface area contributed by atoms with Crippen molar-refractivity contribution in [3.63, 3.8) is 0 Å². The van der Waals surface area contributed by atoms with E-state index in [0.717, 1.165) is 10.8 Å². The van der Waals surface area contributed by atoms with Crippen LogP contribution in [-0.2, 0) is 0 Å². The highest BCUT2D eigenvalue weighted by Gasteiger charge is 2.15. The average molecular weight is 349 g/mol. The van der Waals surface area contributed by atoms with Gasteiger partial charge in [0.05, 0.1) is 10.6 Å². The minimum absolute atomic E-state index is 0.0252. The van der Waals surface area contributed by atoms with Crippen molar-refractivity contribution in [3.8, 4) is 11.5 Å². The molecule has 0 aromatic heterocycles. The highest BCUT2D eigenvalue weighted by Crippen LogP contribution is 2.38. The molecule has 0 spiro atoms. The third-order valence-electron chi connectivity index (χ3n) is 4.12. The molecule has 0 unspecified atom stereocenters. The average Bonchev–Trinajstić information content (AvgIpc) is 2.65. The summed E-state index contributed by atoms with van der Waals surface area (Å²) in [6, 6.07) is 21.8. The van der Waals surface area contributed by atoms with Gasteiger partial charge in [0.25, 0.3) is 0 Å². The second-order valence-electron chi connectivity index (χ2n) is 5.70. The van der Waals surface area contributed by atoms with Crippen molar-refractivity contribution in [1.29, 1.82) is 0 Å². The monoisotopic (exact) mass is 348 g/mol. The number of esters is 1. The summed E-state index contributed by atoms with van der Waals surface area (Å²) < 4.78 is 5.56. The van der Waals surface area contributed by atoms with Crippen molar-refractivity contribution in [3.05, 3.63) is 83.4 Å². The molecule has 0 radical (unpaired) electrons. The van der Waals surface area contributed by atoms with Gasteiger partial charge in [0.15, 0.2) is 0 Å². The van der Waals surface area contributed by atoms with E-state index in [4.69, 9.17) is 16.3 Å². The zero-order chi connectivity index (χ0) is 17.4. The molecule has 25 heavy (non-hydrogen) atoms. The van der Waals surface area contributed by atoms with Crippen LogP contribution in [0.25, 0.3) is 21.5 Å². The van der Waals surface area contributed by atoms with Gasteiger partial charge in [-0.1, -0.05) is 66.2 Å². The van der Waals surface area contributed by atoms with Crippen molar-refractivity contribution in [1.82, 2.24) is 0 Å². The van der Waals surface area contributed by atoms with E-state index in [-0.39, 0.29) is 10.8 Å². The summed E-state index contributed by atoms with van der Waals surface area (Å²) in [7, 11) is 0. The first-order valence-corrected chi connectivity index (χ1v) is 8.12. The molecule has 122 valence electrons. The van der Waals surface area contributed by atoms with E-state index >= 15 is 0 Å². The Bertz CT molecular complexity index is 1120. The van der Waals surface area contributed by atoms with E-state index < -0.39 is 5.97 Å². The molecular formula is C21H13ClO3. The van der Waals surface area contributed by atoms with Crippen LogP contribution >= 0.6 is 11.6 Å². The molecule has 0 fully saturated rings. The Kier molecular flexibility index (Phi) is 3.79. The van der Waals surface area contributed by atoms with Crippen LogP contribution in [0.15, 0.2) is 72.8 Å². The van der Waals surface area contributed by atoms with E-state index in [1.165, 1.54) is 6.07 Å². The summed E-state index contributed by atoms with van der Waals surface area (Å²) in [6.07, 6.45) is 0. The van der Waals surface area contributed by atoms with Crippen LogP contribution in [0.3, 0.4) is 0 Å². The largest absolute Gasteiger partial charge is 0.506 e. The predicted octanol–water partition coefficient (Wildman–Crippen LogP) is 5.57. The van der Waals surface area contributed by atoms with Crippen molar-refractivity contribution in [2.45, 2.75) is 0 Å². The molecule has 0 bridgehead atoms. The van der Waals surface area contributed by atoms with Gasteiger partial charge in [-0.3, -0.25) is 0 Å². The first-order valence-electron chi connectivity index (χ1n) is 7.75. The van der Waals surface area contributed by atoms with Crippen LogP contribution in [0.5, 0.6) is 11.5 Å². The highest BCUT2D eigenvalue weighted by atomic mass is 35.5. The molecule has 1 N–H and O–H groups in total. The fraction of sp³-hybridized carbons (Fsp3) is 0. The minimum atomic E-state index is -0.474. The minimum Gasteiger partial charge on any atom is -0.506 e. The van der Waals surface area contributed by atoms with Crippen molar-refractivity contribution >= 4 is 39.1 Å². The number of aromatic hydroxyl groups is 1. The van der Waals surface area contributed by atoms with Crippen LogP contribution in [0, 0.1) is 0 Å². The topological polar surface area (TPSA) is 46.5 Å². The summed E-state index contributed by atoms with van der Waals surface area (Å²) in [5, 5.41) is 13.4. The van der Waals surface area contributed by atoms with E-state index in [9.17, 15) is 9.90 Å². The molecule has 0 aliphatic rings. The Hall–Kier alpha value is -3.04. The third-order valence-corrected chi connectivity index (χ3v) is 4.41. The maximum absolute atomic E-state index is 12.6. The number of carbonyl (C=O) groups excluding carboxylic acids is 1. The SMILES string of the molecule is O=C(Oc1cc(Cl)c(O)c2ccccc12)c1ccc2ccccc2c1. The summed E-state index contributed by atoms with van der Waals surface area (Å²) in [4.78, 5) is 12.6. The van der Waals surface area contributed by atoms with E-state index in [0.29, 0.717) is 22.1 Å². The van der Waals surface area contributed by atoms with E-state index in [1.807, 2.05) is 36.4 Å². The van der Waals surface area contributed by atoms with Crippen LogP contribution in [-0.4, -0.2) is 11.1 Å². The van der Waals surface area contributed by atoms with Gasteiger partial charge < -0.3 is 9.84 Å². The second-order valence-corrected chi connectivity index (χ2v) is 6.11. The van der Waals surface area contributed by atoms with Gasteiger partial charge in [0.1, 0.15) is 11.5 Å². The van der Waals surface area contributed by atoms with Gasteiger partial charge in [-0.15, -0.1) is 0 Å². The van der Waals surface area contributed by atoms with Gasteiger partial charge in [-0.05, 0) is 22.9 Å². The summed E-state index contributed by atoms with van der Waals surface area (Å²) in [6.45, 7) is 0. The Morgan fingerprint density at radius 1 is 0.840 bits per heavy atom. The third kappa shape index (κ3) is 2.79. The predicted molar refractivity (Wildman–Crippen MR) is 99.5 cm³/mol. The summed E-state index contributed by atoms with van der Waals surface area (Å²) in [5.41, 5.74) is 0.451. The molecule has 0 heterocycles. The molecule has 4 rings (SSSR count). The number of carbonyl (C=O) groups is 1. The summed E-state index contributed by atoms with van der Waals surface area (Å²) in [5.74, 6) is -0.183. The maximum atomic E-state index is 12.6. The number of halogens is 1. The quantitative estimate of drug-likeness (QED) is 0.380. The lowest BCUT2D eigenvalue weighted by Gasteiger charge is -2.11. The number of fused-ring (bicyclic) bond motifs is 2. The normalized spacial score (nSPS) is 10.9. The molecule has 0 aliphatic carbocycles. The number of rotatable bonds is 2. The molecular weight excluding hydrogens is 336 g/mol. The van der Waals surface area contributed by atoms with Crippen LogP contribution < -0.4 is 4.74 Å². The van der Waals surface area contributed by atoms with Gasteiger partial charge in [-0.2, -0.15) is 0 Å². The molecule has 3 nitrogen and oxygen atoms in total. The lowest BCUT2D eigenvalue weighted by Crippen LogP contribution is -2.08. The zero-order valence-electron chi connectivity index (χ0n) is 13.1. The van der Waals surface area contributed by atoms with Crippen molar-refractivity contribution < 1.29 is 14.6 Å². The van der Waals surface area contributed by atoms with Crippen LogP contribution in [0.2, 0.25) is 5.02 Å². The van der Waals surface area contributed by atoms with Gasteiger partial charge in [-0.25, -0.2) is 4.79 Å². The summed E-state index contributed by atoms with van der Waals surface area (Å²) >= 11 is 6.06. The Morgan fingerprint density at radius 3 is 2.32 bits per heavy atom. The van der Waals surface area contributed by atoms with E-state index in [1.54, 1.807) is 30.3 Å². The Balaban J connectivity index is 1.75. The molecule has 0 saturated heterocycles. The Morgan fingerprint density at radius 2 is 1.52 bits per heavy atom. The fourth-order valence-electron chi connectivity index (χ4n) is 2.85. The maximum Gasteiger partial charge on any atom is 0.343 e. The number of ether oxygens (including phenoxy) is 1. The molecule has 0 atom stereocenters. The lowest BCUT2D eigenvalue weighted by atomic mass is 10.1.